The molecule has 0 radical (unpaired) electrons. The normalized spacial score (nSPS) is 35.7. The Morgan fingerprint density at radius 3 is 3.04 bits per heavy atom. The van der Waals surface area contributed by atoms with Gasteiger partial charge in [-0.2, -0.15) is 0 Å². The van der Waals surface area contributed by atoms with E-state index in [1.807, 2.05) is 0 Å². The molecule has 3 aliphatic heterocycles. The lowest BCUT2D eigenvalue weighted by Gasteiger charge is -2.50. The van der Waals surface area contributed by atoms with Crippen LogP contribution in [-0.4, -0.2) is 37.1 Å². The van der Waals surface area contributed by atoms with Crippen molar-refractivity contribution in [2.24, 2.45) is 11.8 Å². The van der Waals surface area contributed by atoms with Gasteiger partial charge in [-0.3, -0.25) is 4.90 Å². The van der Waals surface area contributed by atoms with E-state index in [1.165, 1.54) is 37.7 Å². The molecule has 0 aromatic heterocycles. The average molecular weight is 338 g/mol. The first-order chi connectivity index (χ1) is 12.2. The SMILES string of the molecule is CC[C@H]1C[C@H]2CC(C(=O)OC)=C3Nc4ccccc4C34CCN(C1)[C@@H]24. The second-order valence-electron chi connectivity index (χ2n) is 8.15. The Balaban J connectivity index is 1.72. The Labute approximate surface area is 149 Å². The fraction of sp³-hybridized carbons (Fsp3) is 0.571. The zero-order valence-corrected chi connectivity index (χ0v) is 15.0. The van der Waals surface area contributed by atoms with Crippen LogP contribution < -0.4 is 5.32 Å². The van der Waals surface area contributed by atoms with Crippen LogP contribution in [-0.2, 0) is 14.9 Å². The molecule has 0 amide bonds. The molecule has 0 bridgehead atoms. The lowest BCUT2D eigenvalue weighted by Crippen LogP contribution is -2.55. The van der Waals surface area contributed by atoms with Gasteiger partial charge in [0.15, 0.2) is 0 Å². The number of carbonyl (C=O) groups is 1. The van der Waals surface area contributed by atoms with Crippen LogP contribution in [0.15, 0.2) is 35.5 Å². The number of para-hydroxylation sites is 1. The molecule has 2 fully saturated rings. The third-order valence-electron chi connectivity index (χ3n) is 7.16. The Hall–Kier alpha value is -1.81. The molecular formula is C21H26N2O2. The molecule has 4 heteroatoms. The Morgan fingerprint density at radius 2 is 2.24 bits per heavy atom. The summed E-state index contributed by atoms with van der Waals surface area (Å²) in [5.41, 5.74) is 4.55. The maximum atomic E-state index is 12.6. The van der Waals surface area contributed by atoms with Gasteiger partial charge >= 0.3 is 5.97 Å². The van der Waals surface area contributed by atoms with Gasteiger partial charge < -0.3 is 10.1 Å². The minimum Gasteiger partial charge on any atom is -0.466 e. The highest BCUT2D eigenvalue weighted by Crippen LogP contribution is 2.61. The number of hydrogen-bond acceptors (Lipinski definition) is 4. The molecule has 1 aliphatic carbocycles. The lowest BCUT2D eigenvalue weighted by molar-refractivity contribution is -0.136. The molecule has 5 rings (SSSR count). The van der Waals surface area contributed by atoms with Crippen molar-refractivity contribution in [1.29, 1.82) is 0 Å². The number of nitrogens with one attached hydrogen (secondary N) is 1. The molecule has 1 spiro atoms. The molecule has 1 unspecified atom stereocenters. The van der Waals surface area contributed by atoms with Crippen molar-refractivity contribution in [1.82, 2.24) is 4.90 Å². The highest BCUT2D eigenvalue weighted by molar-refractivity contribution is 5.93. The van der Waals surface area contributed by atoms with Gasteiger partial charge in [0, 0.05) is 24.0 Å². The zero-order chi connectivity index (χ0) is 17.2. The van der Waals surface area contributed by atoms with Gasteiger partial charge in [-0.25, -0.2) is 4.79 Å². The summed E-state index contributed by atoms with van der Waals surface area (Å²) < 4.78 is 5.18. The molecule has 3 heterocycles. The molecule has 2 saturated heterocycles. The smallest absolute Gasteiger partial charge is 0.335 e. The molecule has 0 saturated carbocycles. The minimum absolute atomic E-state index is 0.0399. The van der Waals surface area contributed by atoms with E-state index >= 15 is 0 Å². The highest BCUT2D eigenvalue weighted by atomic mass is 16.5. The summed E-state index contributed by atoms with van der Waals surface area (Å²) in [6.07, 6.45) is 4.41. The van der Waals surface area contributed by atoms with Crippen LogP contribution in [0.1, 0.15) is 38.2 Å². The predicted molar refractivity (Wildman–Crippen MR) is 97.3 cm³/mol. The van der Waals surface area contributed by atoms with Gasteiger partial charge in [-0.15, -0.1) is 0 Å². The van der Waals surface area contributed by atoms with Crippen molar-refractivity contribution in [3.05, 3.63) is 41.1 Å². The summed E-state index contributed by atoms with van der Waals surface area (Å²) in [5.74, 6) is 1.15. The van der Waals surface area contributed by atoms with E-state index in [4.69, 9.17) is 4.74 Å². The minimum atomic E-state index is -0.148. The van der Waals surface area contributed by atoms with Gasteiger partial charge in [0.25, 0.3) is 0 Å². The van der Waals surface area contributed by atoms with E-state index in [1.54, 1.807) is 0 Å². The highest BCUT2D eigenvalue weighted by Gasteiger charge is 2.62. The second kappa shape index (κ2) is 5.34. The number of esters is 1. The number of ether oxygens (including phenoxy) is 1. The molecule has 4 atom stereocenters. The number of anilines is 1. The Morgan fingerprint density at radius 1 is 1.40 bits per heavy atom. The molecular weight excluding hydrogens is 312 g/mol. The number of benzene rings is 1. The fourth-order valence-corrected chi connectivity index (χ4v) is 6.22. The largest absolute Gasteiger partial charge is 0.466 e. The van der Waals surface area contributed by atoms with Crippen LogP contribution in [0.4, 0.5) is 5.69 Å². The van der Waals surface area contributed by atoms with Crippen LogP contribution in [0, 0.1) is 11.8 Å². The lowest BCUT2D eigenvalue weighted by atomic mass is 9.60. The average Bonchev–Trinajstić information content (AvgIpc) is 3.20. The standard InChI is InChI=1S/C21H26N2O2/c1-3-13-10-14-11-15(20(24)25-2)18-21(8-9-23(12-13)19(14)21)16-6-4-5-7-17(16)22-18/h4-7,13-14,19,22H,3,8-12H2,1-2H3/t13-,14-,19-,21?/m0/s1. The van der Waals surface area contributed by atoms with Crippen LogP contribution in [0.5, 0.6) is 0 Å². The van der Waals surface area contributed by atoms with Crippen molar-refractivity contribution < 1.29 is 9.53 Å². The number of carbonyl (C=O) groups excluding carboxylic acids is 1. The quantitative estimate of drug-likeness (QED) is 0.840. The zero-order valence-electron chi connectivity index (χ0n) is 15.0. The number of methoxy groups -OCH3 is 1. The van der Waals surface area contributed by atoms with E-state index in [-0.39, 0.29) is 11.4 Å². The van der Waals surface area contributed by atoms with E-state index in [9.17, 15) is 4.79 Å². The Bertz CT molecular complexity index is 771. The summed E-state index contributed by atoms with van der Waals surface area (Å²) in [6, 6.07) is 9.16. The van der Waals surface area contributed by atoms with Gasteiger partial charge in [0.05, 0.1) is 18.1 Å². The maximum Gasteiger partial charge on any atom is 0.335 e. The van der Waals surface area contributed by atoms with Crippen LogP contribution in [0.3, 0.4) is 0 Å². The molecule has 132 valence electrons. The first-order valence-electron chi connectivity index (χ1n) is 9.61. The number of piperidine rings is 1. The van der Waals surface area contributed by atoms with E-state index < -0.39 is 0 Å². The van der Waals surface area contributed by atoms with E-state index in [2.05, 4.69) is 41.4 Å². The molecule has 4 aliphatic rings. The number of rotatable bonds is 2. The summed E-state index contributed by atoms with van der Waals surface area (Å²) in [6.45, 7) is 4.64. The Kier molecular flexibility index (Phi) is 3.30. The monoisotopic (exact) mass is 338 g/mol. The summed E-state index contributed by atoms with van der Waals surface area (Å²) in [4.78, 5) is 15.3. The van der Waals surface area contributed by atoms with E-state index in [0.29, 0.717) is 12.0 Å². The fourth-order valence-electron chi connectivity index (χ4n) is 6.22. The van der Waals surface area contributed by atoms with Crippen LogP contribution in [0.2, 0.25) is 0 Å². The first-order valence-corrected chi connectivity index (χ1v) is 9.61. The summed E-state index contributed by atoms with van der Waals surface area (Å²) in [5, 5.41) is 3.63. The third kappa shape index (κ3) is 1.89. The number of hydrogen-bond donors (Lipinski definition) is 1. The predicted octanol–water partition coefficient (Wildman–Crippen LogP) is 3.30. The molecule has 4 nitrogen and oxygen atoms in total. The number of fused-ring (bicyclic) bond motifs is 1. The summed E-state index contributed by atoms with van der Waals surface area (Å²) >= 11 is 0. The van der Waals surface area contributed by atoms with Crippen molar-refractivity contribution in [3.8, 4) is 0 Å². The second-order valence-corrected chi connectivity index (χ2v) is 8.15. The first kappa shape index (κ1) is 15.4. The van der Waals surface area contributed by atoms with Gasteiger partial charge in [-0.05, 0) is 49.3 Å². The van der Waals surface area contributed by atoms with Gasteiger partial charge in [0.2, 0.25) is 0 Å². The van der Waals surface area contributed by atoms with Crippen LogP contribution in [0.25, 0.3) is 0 Å². The molecule has 1 aromatic rings. The van der Waals surface area contributed by atoms with Crippen molar-refractivity contribution in [2.45, 2.75) is 44.1 Å². The third-order valence-corrected chi connectivity index (χ3v) is 7.16. The molecule has 1 aromatic carbocycles. The van der Waals surface area contributed by atoms with Gasteiger partial charge in [0.1, 0.15) is 0 Å². The van der Waals surface area contributed by atoms with Gasteiger partial charge in [-0.1, -0.05) is 31.5 Å². The maximum absolute atomic E-state index is 12.6. The van der Waals surface area contributed by atoms with E-state index in [0.717, 1.165) is 36.6 Å². The van der Waals surface area contributed by atoms with Crippen molar-refractivity contribution in [3.63, 3.8) is 0 Å². The van der Waals surface area contributed by atoms with Crippen LogP contribution >= 0.6 is 0 Å². The topological polar surface area (TPSA) is 41.6 Å². The molecule has 1 N–H and O–H groups in total. The summed E-state index contributed by atoms with van der Waals surface area (Å²) in [7, 11) is 1.51. The number of nitrogens with zero attached hydrogens (tertiary/aromatic N) is 1. The van der Waals surface area contributed by atoms with Crippen molar-refractivity contribution in [2.75, 3.05) is 25.5 Å². The van der Waals surface area contributed by atoms with Crippen molar-refractivity contribution >= 4 is 11.7 Å². The molecule has 25 heavy (non-hydrogen) atoms.